The molecule has 0 aromatic carbocycles. The maximum Gasteiger partial charge on any atom is 0.0643 e. The van der Waals surface area contributed by atoms with Crippen LogP contribution < -0.4 is 5.32 Å². The van der Waals surface area contributed by atoms with Gasteiger partial charge in [-0.3, -0.25) is 0 Å². The van der Waals surface area contributed by atoms with E-state index in [1.165, 1.54) is 25.8 Å². The largest absolute Gasteiger partial charge is 0.378 e. The summed E-state index contributed by atoms with van der Waals surface area (Å²) in [5, 5.41) is 3.56. The summed E-state index contributed by atoms with van der Waals surface area (Å²) in [6.45, 7) is 5.45. The molecule has 1 saturated carbocycles. The van der Waals surface area contributed by atoms with Crippen molar-refractivity contribution in [2.24, 2.45) is 11.8 Å². The van der Waals surface area contributed by atoms with Crippen molar-refractivity contribution in [1.82, 2.24) is 5.32 Å². The topological polar surface area (TPSA) is 21.3 Å². The van der Waals surface area contributed by atoms with Crippen LogP contribution in [0.3, 0.4) is 0 Å². The first-order valence-corrected chi connectivity index (χ1v) is 5.15. The Kier molecular flexibility index (Phi) is 2.66. The third kappa shape index (κ3) is 1.99. The summed E-state index contributed by atoms with van der Waals surface area (Å²) < 4.78 is 5.11. The molecule has 1 saturated heterocycles. The Balaban J connectivity index is 1.60. The van der Waals surface area contributed by atoms with Crippen molar-refractivity contribution in [2.75, 3.05) is 19.8 Å². The van der Waals surface area contributed by atoms with Gasteiger partial charge in [0, 0.05) is 0 Å². The van der Waals surface area contributed by atoms with Gasteiger partial charge in [-0.15, -0.1) is 0 Å². The van der Waals surface area contributed by atoms with Crippen molar-refractivity contribution in [2.45, 2.75) is 32.2 Å². The van der Waals surface area contributed by atoms with Gasteiger partial charge >= 0.3 is 0 Å². The highest BCUT2D eigenvalue weighted by atomic mass is 16.5. The van der Waals surface area contributed by atoms with Crippen molar-refractivity contribution in [3.8, 4) is 0 Å². The lowest BCUT2D eigenvalue weighted by Gasteiger charge is -2.28. The molecule has 2 nitrogen and oxygen atoms in total. The lowest BCUT2D eigenvalue weighted by molar-refractivity contribution is -0.00640. The molecular weight excluding hydrogens is 150 g/mol. The molecule has 0 spiro atoms. The second-order valence-corrected chi connectivity index (χ2v) is 4.43. The molecule has 70 valence electrons. The van der Waals surface area contributed by atoms with Crippen LogP contribution in [-0.4, -0.2) is 25.8 Å². The lowest BCUT2D eigenvalue weighted by atomic mass is 10.1. The molecule has 12 heavy (non-hydrogen) atoms. The van der Waals surface area contributed by atoms with Crippen LogP contribution in [0.2, 0.25) is 0 Å². The Hall–Kier alpha value is -0.0800. The normalized spacial score (nSPS) is 36.8. The fraction of sp³-hybridized carbons (Fsp3) is 1.00. The van der Waals surface area contributed by atoms with Crippen LogP contribution >= 0.6 is 0 Å². The van der Waals surface area contributed by atoms with Crippen molar-refractivity contribution in [1.29, 1.82) is 0 Å². The molecule has 0 aromatic rings. The van der Waals surface area contributed by atoms with Gasteiger partial charge in [-0.1, -0.05) is 13.3 Å². The fourth-order valence-electron chi connectivity index (χ4n) is 2.20. The summed E-state index contributed by atoms with van der Waals surface area (Å²) in [5.74, 6) is 1.91. The van der Waals surface area contributed by atoms with E-state index in [0.717, 1.165) is 25.0 Å². The molecule has 2 fully saturated rings. The highest BCUT2D eigenvalue weighted by Gasteiger charge is 2.23. The molecule has 1 N–H and O–H groups in total. The number of nitrogens with one attached hydrogen (secondary N) is 1. The molecule has 1 aliphatic heterocycles. The van der Waals surface area contributed by atoms with Crippen molar-refractivity contribution in [3.05, 3.63) is 0 Å². The molecule has 1 heterocycles. The number of hydrogen-bond acceptors (Lipinski definition) is 2. The van der Waals surface area contributed by atoms with E-state index in [9.17, 15) is 0 Å². The van der Waals surface area contributed by atoms with Crippen LogP contribution in [0.25, 0.3) is 0 Å². The summed E-state index contributed by atoms with van der Waals surface area (Å²) in [7, 11) is 0. The predicted molar refractivity (Wildman–Crippen MR) is 49.1 cm³/mol. The average molecular weight is 169 g/mol. The van der Waals surface area contributed by atoms with Gasteiger partial charge in [-0.05, 0) is 31.2 Å². The van der Waals surface area contributed by atoms with E-state index in [4.69, 9.17) is 4.74 Å². The Morgan fingerprint density at radius 2 is 2.17 bits per heavy atom. The first-order valence-electron chi connectivity index (χ1n) is 5.15. The van der Waals surface area contributed by atoms with Gasteiger partial charge in [0.2, 0.25) is 0 Å². The van der Waals surface area contributed by atoms with E-state index in [2.05, 4.69) is 12.2 Å². The first-order chi connectivity index (χ1) is 5.84. The molecular formula is C10H19NO. The van der Waals surface area contributed by atoms with Gasteiger partial charge in [0.1, 0.15) is 0 Å². The van der Waals surface area contributed by atoms with Gasteiger partial charge in [0.15, 0.2) is 0 Å². The molecule has 0 bridgehead atoms. The maximum absolute atomic E-state index is 5.11. The molecule has 0 amide bonds. The summed E-state index contributed by atoms with van der Waals surface area (Å²) in [6.07, 6.45) is 4.30. The van der Waals surface area contributed by atoms with E-state index < -0.39 is 0 Å². The fourth-order valence-corrected chi connectivity index (χ4v) is 2.20. The predicted octanol–water partition coefficient (Wildman–Crippen LogP) is 1.41. The van der Waals surface area contributed by atoms with Crippen LogP contribution in [0.4, 0.5) is 0 Å². The highest BCUT2D eigenvalue weighted by molar-refractivity contribution is 4.78. The van der Waals surface area contributed by atoms with Crippen LogP contribution in [0.1, 0.15) is 26.2 Å². The Morgan fingerprint density at radius 1 is 1.33 bits per heavy atom. The highest BCUT2D eigenvalue weighted by Crippen LogP contribution is 2.29. The third-order valence-corrected chi connectivity index (χ3v) is 3.14. The zero-order valence-corrected chi connectivity index (χ0v) is 7.88. The van der Waals surface area contributed by atoms with Gasteiger partial charge in [0.05, 0.1) is 19.3 Å². The average Bonchev–Trinajstić information content (AvgIpc) is 2.32. The lowest BCUT2D eigenvalue weighted by Crippen LogP contribution is -2.47. The smallest absolute Gasteiger partial charge is 0.0643 e. The van der Waals surface area contributed by atoms with E-state index in [1.807, 2.05) is 0 Å². The van der Waals surface area contributed by atoms with Gasteiger partial charge in [0.25, 0.3) is 0 Å². The monoisotopic (exact) mass is 169 g/mol. The molecule has 2 unspecified atom stereocenters. The summed E-state index contributed by atoms with van der Waals surface area (Å²) in [6, 6.07) is 0.668. The number of rotatable bonds is 3. The second kappa shape index (κ2) is 3.75. The SMILES string of the molecule is CC1CCC(CNC2COC2)C1. The summed E-state index contributed by atoms with van der Waals surface area (Å²) in [5.41, 5.74) is 0. The number of hydrogen-bond donors (Lipinski definition) is 1. The maximum atomic E-state index is 5.11. The third-order valence-electron chi connectivity index (χ3n) is 3.14. The zero-order valence-electron chi connectivity index (χ0n) is 7.88. The van der Waals surface area contributed by atoms with E-state index >= 15 is 0 Å². The minimum Gasteiger partial charge on any atom is -0.378 e. The van der Waals surface area contributed by atoms with Crippen molar-refractivity contribution >= 4 is 0 Å². The Labute approximate surface area is 74.7 Å². The summed E-state index contributed by atoms with van der Waals surface area (Å²) >= 11 is 0. The molecule has 2 rings (SSSR count). The number of ether oxygens (including phenoxy) is 1. The van der Waals surface area contributed by atoms with Crippen molar-refractivity contribution in [3.63, 3.8) is 0 Å². The van der Waals surface area contributed by atoms with E-state index in [-0.39, 0.29) is 0 Å². The molecule has 1 aliphatic carbocycles. The molecule has 2 aliphatic rings. The van der Waals surface area contributed by atoms with E-state index in [0.29, 0.717) is 6.04 Å². The molecule has 2 atom stereocenters. The molecule has 0 radical (unpaired) electrons. The van der Waals surface area contributed by atoms with Gasteiger partial charge in [-0.2, -0.15) is 0 Å². The van der Waals surface area contributed by atoms with Crippen LogP contribution in [-0.2, 0) is 4.74 Å². The van der Waals surface area contributed by atoms with E-state index in [1.54, 1.807) is 0 Å². The second-order valence-electron chi connectivity index (χ2n) is 4.43. The summed E-state index contributed by atoms with van der Waals surface area (Å²) in [4.78, 5) is 0. The van der Waals surface area contributed by atoms with Crippen LogP contribution in [0, 0.1) is 11.8 Å². The molecule has 2 heteroatoms. The molecule has 0 aromatic heterocycles. The Bertz CT molecular complexity index is 145. The van der Waals surface area contributed by atoms with Crippen LogP contribution in [0.5, 0.6) is 0 Å². The van der Waals surface area contributed by atoms with Crippen molar-refractivity contribution < 1.29 is 4.74 Å². The first kappa shape index (κ1) is 8.52. The van der Waals surface area contributed by atoms with Gasteiger partial charge < -0.3 is 10.1 Å². The zero-order chi connectivity index (χ0) is 8.39. The minimum atomic E-state index is 0.668. The standard InChI is InChI=1S/C10H19NO/c1-8-2-3-9(4-8)5-11-10-6-12-7-10/h8-11H,2-7H2,1H3. The van der Waals surface area contributed by atoms with Crippen LogP contribution in [0.15, 0.2) is 0 Å². The Morgan fingerprint density at radius 3 is 2.67 bits per heavy atom. The quantitative estimate of drug-likeness (QED) is 0.689. The van der Waals surface area contributed by atoms with Gasteiger partial charge in [-0.25, -0.2) is 0 Å². The minimum absolute atomic E-state index is 0.668.